The van der Waals surface area contributed by atoms with Crippen LogP contribution in [0.25, 0.3) is 0 Å². The van der Waals surface area contributed by atoms with Gasteiger partial charge in [0.05, 0.1) is 13.8 Å². The molecule has 0 aliphatic heterocycles. The summed E-state index contributed by atoms with van der Waals surface area (Å²) >= 11 is 5.77. The number of alkyl halides is 1. The van der Waals surface area contributed by atoms with E-state index in [4.69, 9.17) is 16.3 Å². The van der Waals surface area contributed by atoms with E-state index in [1.165, 1.54) is 7.11 Å². The predicted molar refractivity (Wildman–Crippen MR) is 52.1 cm³/mol. The van der Waals surface area contributed by atoms with Crippen LogP contribution in [0.2, 0.25) is 5.02 Å². The summed E-state index contributed by atoms with van der Waals surface area (Å²) in [5.41, 5.74) is 0.706. The standard InChI is InChI=1S/C10H11ClFO/c1-7(6-12)9-5-8(11)3-4-10(9)13-2/h3-5,7H,1,6H2,2H3. The molecule has 1 aromatic carbocycles. The summed E-state index contributed by atoms with van der Waals surface area (Å²) in [5.74, 6) is 0.204. The molecular weight excluding hydrogens is 191 g/mol. The Morgan fingerprint density at radius 2 is 2.31 bits per heavy atom. The van der Waals surface area contributed by atoms with Gasteiger partial charge in [-0.1, -0.05) is 11.6 Å². The van der Waals surface area contributed by atoms with Gasteiger partial charge < -0.3 is 4.74 Å². The zero-order valence-corrected chi connectivity index (χ0v) is 8.14. The first kappa shape index (κ1) is 10.3. The molecule has 0 aromatic heterocycles. The van der Waals surface area contributed by atoms with Crippen molar-refractivity contribution in [1.29, 1.82) is 0 Å². The number of hydrogen-bond acceptors (Lipinski definition) is 1. The molecule has 0 fully saturated rings. The summed E-state index contributed by atoms with van der Waals surface area (Å²) in [6, 6.07) is 5.10. The van der Waals surface area contributed by atoms with Crippen molar-refractivity contribution in [2.45, 2.75) is 5.92 Å². The van der Waals surface area contributed by atoms with Crippen LogP contribution in [0.15, 0.2) is 18.2 Å². The van der Waals surface area contributed by atoms with Crippen LogP contribution in [-0.4, -0.2) is 13.8 Å². The van der Waals surface area contributed by atoms with Crippen LogP contribution in [-0.2, 0) is 0 Å². The molecule has 1 nitrogen and oxygen atoms in total. The highest BCUT2D eigenvalue weighted by molar-refractivity contribution is 6.30. The molecule has 1 radical (unpaired) electrons. The molecule has 1 unspecified atom stereocenters. The van der Waals surface area contributed by atoms with Crippen molar-refractivity contribution >= 4 is 11.6 Å². The zero-order chi connectivity index (χ0) is 9.84. The second-order valence-corrected chi connectivity index (χ2v) is 3.17. The highest BCUT2D eigenvalue weighted by atomic mass is 35.5. The van der Waals surface area contributed by atoms with Gasteiger partial charge in [0.15, 0.2) is 0 Å². The summed E-state index contributed by atoms with van der Waals surface area (Å²) in [6.45, 7) is 3.15. The number of rotatable bonds is 3. The third kappa shape index (κ3) is 2.34. The number of hydrogen-bond donors (Lipinski definition) is 0. The van der Waals surface area contributed by atoms with E-state index >= 15 is 0 Å². The first-order valence-electron chi connectivity index (χ1n) is 3.91. The topological polar surface area (TPSA) is 9.23 Å². The summed E-state index contributed by atoms with van der Waals surface area (Å²) in [7, 11) is 1.54. The average Bonchev–Trinajstić information content (AvgIpc) is 2.16. The van der Waals surface area contributed by atoms with Crippen LogP contribution in [0.5, 0.6) is 5.75 Å². The maximum atomic E-state index is 12.4. The first-order chi connectivity index (χ1) is 6.19. The van der Waals surface area contributed by atoms with E-state index in [-0.39, 0.29) is 0 Å². The lowest BCUT2D eigenvalue weighted by molar-refractivity contribution is 0.398. The van der Waals surface area contributed by atoms with Crippen LogP contribution in [0.4, 0.5) is 4.39 Å². The quantitative estimate of drug-likeness (QED) is 0.730. The van der Waals surface area contributed by atoms with Crippen molar-refractivity contribution in [3.05, 3.63) is 35.7 Å². The fourth-order valence-electron chi connectivity index (χ4n) is 1.11. The van der Waals surface area contributed by atoms with Crippen molar-refractivity contribution in [2.24, 2.45) is 0 Å². The maximum absolute atomic E-state index is 12.4. The van der Waals surface area contributed by atoms with Gasteiger partial charge in [-0.15, -0.1) is 0 Å². The van der Waals surface area contributed by atoms with Crippen molar-refractivity contribution < 1.29 is 9.13 Å². The lowest BCUT2D eigenvalue weighted by atomic mass is 10.0. The van der Waals surface area contributed by atoms with Crippen LogP contribution >= 0.6 is 11.6 Å². The Labute approximate surface area is 82.5 Å². The van der Waals surface area contributed by atoms with E-state index in [1.807, 2.05) is 0 Å². The summed E-state index contributed by atoms with van der Waals surface area (Å²) in [4.78, 5) is 0. The van der Waals surface area contributed by atoms with Gasteiger partial charge in [0.2, 0.25) is 0 Å². The van der Waals surface area contributed by atoms with E-state index in [0.717, 1.165) is 0 Å². The fraction of sp³-hybridized carbons (Fsp3) is 0.300. The molecule has 1 atom stereocenters. The van der Waals surface area contributed by atoms with Gasteiger partial charge in [-0.05, 0) is 25.1 Å². The zero-order valence-electron chi connectivity index (χ0n) is 7.39. The van der Waals surface area contributed by atoms with Crippen LogP contribution in [0.3, 0.4) is 0 Å². The maximum Gasteiger partial charge on any atom is 0.122 e. The van der Waals surface area contributed by atoms with E-state index in [1.54, 1.807) is 18.2 Å². The molecule has 0 saturated heterocycles. The lowest BCUT2D eigenvalue weighted by Gasteiger charge is -2.12. The summed E-state index contributed by atoms with van der Waals surface area (Å²) in [6.07, 6.45) is 0. The minimum absolute atomic E-state index is 0.423. The molecule has 71 valence electrons. The molecule has 0 spiro atoms. The Kier molecular flexibility index (Phi) is 3.55. The highest BCUT2D eigenvalue weighted by Crippen LogP contribution is 2.29. The van der Waals surface area contributed by atoms with Crippen LogP contribution < -0.4 is 4.74 Å². The fourth-order valence-corrected chi connectivity index (χ4v) is 1.29. The third-order valence-corrected chi connectivity index (χ3v) is 2.05. The van der Waals surface area contributed by atoms with Crippen molar-refractivity contribution in [2.75, 3.05) is 13.8 Å². The molecule has 0 saturated carbocycles. The van der Waals surface area contributed by atoms with E-state index in [9.17, 15) is 4.39 Å². The van der Waals surface area contributed by atoms with Crippen molar-refractivity contribution in [3.63, 3.8) is 0 Å². The summed E-state index contributed by atoms with van der Waals surface area (Å²) in [5, 5.41) is 0.568. The molecule has 1 rings (SSSR count). The van der Waals surface area contributed by atoms with Crippen molar-refractivity contribution in [3.8, 4) is 5.75 Å². The minimum Gasteiger partial charge on any atom is -0.496 e. The van der Waals surface area contributed by atoms with Gasteiger partial charge in [-0.3, -0.25) is 4.39 Å². The van der Waals surface area contributed by atoms with Crippen molar-refractivity contribution in [1.82, 2.24) is 0 Å². The molecule has 13 heavy (non-hydrogen) atoms. The lowest BCUT2D eigenvalue weighted by Crippen LogP contribution is -1.99. The van der Waals surface area contributed by atoms with Gasteiger partial charge in [-0.25, -0.2) is 0 Å². The Balaban J connectivity index is 3.07. The largest absolute Gasteiger partial charge is 0.496 e. The molecule has 0 aliphatic rings. The molecule has 0 bridgehead atoms. The average molecular weight is 202 g/mol. The second kappa shape index (κ2) is 4.47. The Morgan fingerprint density at radius 3 is 2.85 bits per heavy atom. The summed E-state index contributed by atoms with van der Waals surface area (Å²) < 4.78 is 17.4. The van der Waals surface area contributed by atoms with Gasteiger partial charge >= 0.3 is 0 Å². The normalized spacial score (nSPS) is 12.6. The predicted octanol–water partition coefficient (Wildman–Crippen LogP) is 3.24. The van der Waals surface area contributed by atoms with E-state index in [0.29, 0.717) is 16.3 Å². The monoisotopic (exact) mass is 201 g/mol. The molecule has 0 heterocycles. The smallest absolute Gasteiger partial charge is 0.122 e. The minimum atomic E-state index is -0.517. The third-order valence-electron chi connectivity index (χ3n) is 1.82. The SMILES string of the molecule is [CH2]C(CF)c1cc(Cl)ccc1OC. The van der Waals surface area contributed by atoms with Gasteiger partial charge in [0, 0.05) is 16.5 Å². The Bertz CT molecular complexity index is 288. The number of ether oxygens (including phenoxy) is 1. The van der Waals surface area contributed by atoms with Crippen LogP contribution in [0, 0.1) is 6.92 Å². The number of halogens is 2. The molecule has 3 heteroatoms. The molecule has 0 aliphatic carbocycles. The van der Waals surface area contributed by atoms with Gasteiger partial charge in [-0.2, -0.15) is 0 Å². The van der Waals surface area contributed by atoms with E-state index in [2.05, 4.69) is 6.92 Å². The van der Waals surface area contributed by atoms with Crippen LogP contribution in [0.1, 0.15) is 11.5 Å². The number of methoxy groups -OCH3 is 1. The molecular formula is C10H11ClFO. The Morgan fingerprint density at radius 1 is 1.62 bits per heavy atom. The highest BCUT2D eigenvalue weighted by Gasteiger charge is 2.11. The molecule has 0 N–H and O–H groups in total. The van der Waals surface area contributed by atoms with Gasteiger partial charge in [0.25, 0.3) is 0 Å². The molecule has 0 amide bonds. The second-order valence-electron chi connectivity index (χ2n) is 2.74. The van der Waals surface area contributed by atoms with Gasteiger partial charge in [0.1, 0.15) is 5.75 Å². The van der Waals surface area contributed by atoms with E-state index < -0.39 is 12.6 Å². The first-order valence-corrected chi connectivity index (χ1v) is 4.29. The number of benzene rings is 1. The molecule has 1 aromatic rings. The Hall–Kier alpha value is -0.760.